The Labute approximate surface area is 296 Å². The zero-order valence-corrected chi connectivity index (χ0v) is 30.2. The van der Waals surface area contributed by atoms with Gasteiger partial charge < -0.3 is 26.2 Å². The maximum atomic E-state index is 14.8. The van der Waals surface area contributed by atoms with Crippen LogP contribution in [0, 0.1) is 17.3 Å². The van der Waals surface area contributed by atoms with Gasteiger partial charge in [0.2, 0.25) is 23.5 Å². The molecule has 5 amide bonds. The summed E-state index contributed by atoms with van der Waals surface area (Å²) in [6.07, 6.45) is 14.2. The first kappa shape index (κ1) is 37.4. The number of amides is 5. The number of nitrogens with one attached hydrogen (secondary N) is 4. The summed E-state index contributed by atoms with van der Waals surface area (Å²) in [7, 11) is 0. The predicted molar refractivity (Wildman–Crippen MR) is 187 cm³/mol. The molecule has 3 saturated carbocycles. The Morgan fingerprint density at radius 3 is 2.24 bits per heavy atom. The molecule has 3 aliphatic carbocycles. The topological polar surface area (TPSA) is 167 Å². The molecule has 0 aromatic carbocycles. The number of likely N-dealkylation sites (tertiary alicyclic amines) is 1. The maximum Gasteiger partial charge on any atom is 0.289 e. The van der Waals surface area contributed by atoms with Crippen LogP contribution in [0.1, 0.15) is 128 Å². The number of nitrogens with zero attached hydrogens (tertiary/aromatic N) is 2. The van der Waals surface area contributed by atoms with Crippen LogP contribution < -0.4 is 21.3 Å². The average molecular weight is 693 g/mol. The third-order valence-corrected chi connectivity index (χ3v) is 11.0. The van der Waals surface area contributed by atoms with E-state index >= 15 is 0 Å². The second-order valence-electron chi connectivity index (χ2n) is 16.0. The largest absolute Gasteiger partial charge is 0.347 e. The van der Waals surface area contributed by atoms with Gasteiger partial charge in [-0.25, -0.2) is 0 Å². The molecular weight excluding hydrogens is 636 g/mol. The average Bonchev–Trinajstić information content (AvgIpc) is 3.84. The van der Waals surface area contributed by atoms with Crippen LogP contribution in [0.4, 0.5) is 0 Å². The lowest BCUT2D eigenvalue weighted by molar-refractivity contribution is -0.147. The summed E-state index contributed by atoms with van der Waals surface area (Å²) in [5.74, 6) is -2.91. The minimum Gasteiger partial charge on any atom is -0.347 e. The smallest absolute Gasteiger partial charge is 0.289 e. The fraction of sp³-hybridized carbons (Fsp3) is 0.711. The molecule has 0 spiro atoms. The number of carbonyl (C=O) groups is 6. The fourth-order valence-corrected chi connectivity index (χ4v) is 8.10. The SMILES string of the molecule is CCC[C@H](NC(=O)[C@H]1CC2CCCCC2N1C(=O)[C@@H](NC(=O)[C@@H](NC(=O)c1cccnc1)C1CCCCC1)C(C)(C)C)C(=O)C(=O)NC1CC1. The third-order valence-electron chi connectivity index (χ3n) is 11.0. The molecular formula is C38H56N6O6. The van der Waals surface area contributed by atoms with Crippen molar-refractivity contribution in [2.75, 3.05) is 0 Å². The van der Waals surface area contributed by atoms with Crippen LogP contribution in [0.15, 0.2) is 24.5 Å². The third kappa shape index (κ3) is 9.09. The zero-order chi connectivity index (χ0) is 36.0. The van der Waals surface area contributed by atoms with Gasteiger partial charge in [0.15, 0.2) is 0 Å². The molecule has 1 aromatic heterocycles. The van der Waals surface area contributed by atoms with Gasteiger partial charge in [0.25, 0.3) is 11.8 Å². The summed E-state index contributed by atoms with van der Waals surface area (Å²) in [6.45, 7) is 7.55. The Hall–Kier alpha value is -3.83. The van der Waals surface area contributed by atoms with Crippen molar-refractivity contribution in [1.82, 2.24) is 31.2 Å². The van der Waals surface area contributed by atoms with Crippen LogP contribution in [0.5, 0.6) is 0 Å². The molecule has 6 atom stereocenters. The van der Waals surface area contributed by atoms with Crippen LogP contribution in [0.25, 0.3) is 0 Å². The second-order valence-corrected chi connectivity index (χ2v) is 16.0. The first-order chi connectivity index (χ1) is 23.9. The summed E-state index contributed by atoms with van der Waals surface area (Å²) < 4.78 is 0. The second kappa shape index (κ2) is 16.5. The molecule has 4 aliphatic rings. The Balaban J connectivity index is 1.38. The first-order valence-corrected chi connectivity index (χ1v) is 18.9. The number of ketones is 1. The van der Waals surface area contributed by atoms with Gasteiger partial charge in [-0.1, -0.05) is 66.2 Å². The van der Waals surface area contributed by atoms with E-state index in [2.05, 4.69) is 26.3 Å². The van der Waals surface area contributed by atoms with Crippen molar-refractivity contribution >= 4 is 35.3 Å². The first-order valence-electron chi connectivity index (χ1n) is 18.9. The van der Waals surface area contributed by atoms with E-state index in [-0.39, 0.29) is 29.8 Å². The highest BCUT2D eigenvalue weighted by Crippen LogP contribution is 2.41. The highest BCUT2D eigenvalue weighted by molar-refractivity contribution is 6.38. The Kier molecular flexibility index (Phi) is 12.3. The number of pyridine rings is 1. The normalized spacial score (nSPS) is 24.2. The van der Waals surface area contributed by atoms with Gasteiger partial charge in [0, 0.05) is 24.5 Å². The molecule has 0 bridgehead atoms. The number of carbonyl (C=O) groups excluding carboxylic acids is 6. The van der Waals surface area contributed by atoms with Gasteiger partial charge in [0.1, 0.15) is 18.1 Å². The summed E-state index contributed by atoms with van der Waals surface area (Å²) in [5.41, 5.74) is -0.379. The molecule has 1 aliphatic heterocycles. The summed E-state index contributed by atoms with van der Waals surface area (Å²) in [6, 6.07) is -0.486. The Morgan fingerprint density at radius 2 is 1.60 bits per heavy atom. The van der Waals surface area contributed by atoms with Crippen LogP contribution in [-0.2, 0) is 24.0 Å². The minimum absolute atomic E-state index is 0.0152. The van der Waals surface area contributed by atoms with E-state index in [1.54, 1.807) is 23.2 Å². The molecule has 274 valence electrons. The molecule has 0 radical (unpaired) electrons. The van der Waals surface area contributed by atoms with Gasteiger partial charge in [-0.2, -0.15) is 0 Å². The number of hydrogen-bond acceptors (Lipinski definition) is 7. The number of Topliss-reactive ketones (excluding diaryl/α,β-unsaturated/α-hetero) is 1. The van der Waals surface area contributed by atoms with Crippen molar-refractivity contribution in [3.8, 4) is 0 Å². The van der Waals surface area contributed by atoms with Crippen LogP contribution in [0.3, 0.4) is 0 Å². The zero-order valence-electron chi connectivity index (χ0n) is 30.2. The molecule has 2 unspecified atom stereocenters. The van der Waals surface area contributed by atoms with E-state index in [1.165, 1.54) is 6.20 Å². The lowest BCUT2D eigenvalue weighted by atomic mass is 9.81. The number of fused-ring (bicyclic) bond motifs is 1. The summed E-state index contributed by atoms with van der Waals surface area (Å²) in [4.78, 5) is 88.0. The van der Waals surface area contributed by atoms with Crippen molar-refractivity contribution < 1.29 is 28.8 Å². The van der Waals surface area contributed by atoms with E-state index in [1.807, 2.05) is 27.7 Å². The van der Waals surface area contributed by atoms with Crippen molar-refractivity contribution in [2.24, 2.45) is 17.3 Å². The fourth-order valence-electron chi connectivity index (χ4n) is 8.10. The Bertz CT molecular complexity index is 1400. The van der Waals surface area contributed by atoms with Gasteiger partial charge in [-0.3, -0.25) is 33.8 Å². The quantitative estimate of drug-likeness (QED) is 0.229. The highest BCUT2D eigenvalue weighted by atomic mass is 16.2. The number of rotatable bonds is 13. The van der Waals surface area contributed by atoms with Crippen LogP contribution >= 0.6 is 0 Å². The van der Waals surface area contributed by atoms with Crippen molar-refractivity contribution in [2.45, 2.75) is 154 Å². The molecule has 2 heterocycles. The number of hydrogen-bond donors (Lipinski definition) is 4. The monoisotopic (exact) mass is 692 g/mol. The van der Waals surface area contributed by atoms with Gasteiger partial charge in [0.05, 0.1) is 11.6 Å². The summed E-state index contributed by atoms with van der Waals surface area (Å²) in [5, 5.41) is 11.6. The standard InChI is InChI=1S/C38H56N6O6/c1-5-12-27(31(45)36(49)40-26-18-19-26)41-34(47)29-21-24-15-9-10-17-28(24)44(29)37(50)32(38(2,3)4)43-35(48)30(23-13-7-6-8-14-23)42-33(46)25-16-11-20-39-22-25/h11,16,20,22-24,26-30,32H,5-10,12-15,17-19,21H2,1-4H3,(H,40,49)(H,41,47)(H,42,46)(H,43,48)/t24?,27-,28?,29+,30-,32+/m0/s1. The van der Waals surface area contributed by atoms with Gasteiger partial charge in [-0.05, 0) is 80.8 Å². The molecule has 12 heteroatoms. The lowest BCUT2D eigenvalue weighted by Gasteiger charge is -2.40. The highest BCUT2D eigenvalue weighted by Gasteiger charge is 2.51. The molecule has 12 nitrogen and oxygen atoms in total. The maximum absolute atomic E-state index is 14.8. The molecule has 1 saturated heterocycles. The lowest BCUT2D eigenvalue weighted by Crippen LogP contribution is -2.63. The van der Waals surface area contributed by atoms with Crippen LogP contribution in [-0.4, -0.2) is 81.5 Å². The van der Waals surface area contributed by atoms with E-state index in [4.69, 9.17) is 0 Å². The number of aromatic nitrogens is 1. The molecule has 4 N–H and O–H groups in total. The predicted octanol–water partition coefficient (Wildman–Crippen LogP) is 3.58. The van der Waals surface area contributed by atoms with E-state index < -0.39 is 59.0 Å². The Morgan fingerprint density at radius 1 is 0.900 bits per heavy atom. The van der Waals surface area contributed by atoms with Gasteiger partial charge in [-0.15, -0.1) is 0 Å². The van der Waals surface area contributed by atoms with E-state index in [9.17, 15) is 28.8 Å². The van der Waals surface area contributed by atoms with Crippen LogP contribution in [0.2, 0.25) is 0 Å². The van der Waals surface area contributed by atoms with Crippen molar-refractivity contribution in [3.63, 3.8) is 0 Å². The van der Waals surface area contributed by atoms with E-state index in [0.717, 1.165) is 70.6 Å². The van der Waals surface area contributed by atoms with E-state index in [0.29, 0.717) is 24.8 Å². The van der Waals surface area contributed by atoms with Crippen molar-refractivity contribution in [3.05, 3.63) is 30.1 Å². The molecule has 50 heavy (non-hydrogen) atoms. The van der Waals surface area contributed by atoms with Crippen molar-refractivity contribution in [1.29, 1.82) is 0 Å². The molecule has 1 aromatic rings. The van der Waals surface area contributed by atoms with Gasteiger partial charge >= 0.3 is 0 Å². The molecule has 4 fully saturated rings. The summed E-state index contributed by atoms with van der Waals surface area (Å²) >= 11 is 0. The minimum atomic E-state index is -0.983. The molecule has 5 rings (SSSR count).